The first-order valence-corrected chi connectivity index (χ1v) is 12.2. The van der Waals surface area contributed by atoms with Crippen molar-refractivity contribution in [2.45, 2.75) is 55.9 Å². The zero-order valence-corrected chi connectivity index (χ0v) is 20.5. The molecule has 0 spiro atoms. The lowest BCUT2D eigenvalue weighted by Crippen LogP contribution is -2.60. The van der Waals surface area contributed by atoms with Crippen LogP contribution >= 0.6 is 0 Å². The van der Waals surface area contributed by atoms with Crippen LogP contribution in [0.1, 0.15) is 12.0 Å². The zero-order chi connectivity index (χ0) is 26.7. The van der Waals surface area contributed by atoms with Crippen molar-refractivity contribution in [1.29, 1.82) is 0 Å². The minimum absolute atomic E-state index is 0.282. The van der Waals surface area contributed by atoms with E-state index < -0.39 is 61.5 Å². The number of aliphatic hydroxyl groups is 4. The van der Waals surface area contributed by atoms with Crippen LogP contribution < -0.4 is 0 Å². The first kappa shape index (κ1) is 27.2. The van der Waals surface area contributed by atoms with Crippen LogP contribution in [0.15, 0.2) is 54.8 Å². The third-order valence-corrected chi connectivity index (χ3v) is 7.21. The van der Waals surface area contributed by atoms with Gasteiger partial charge in [0.15, 0.2) is 6.29 Å². The van der Waals surface area contributed by atoms with E-state index in [0.29, 0.717) is 18.4 Å². The smallest absolute Gasteiger partial charge is 0.328 e. The van der Waals surface area contributed by atoms with Crippen molar-refractivity contribution in [1.82, 2.24) is 4.90 Å². The van der Waals surface area contributed by atoms with Crippen LogP contribution in [-0.4, -0.2) is 101 Å². The summed E-state index contributed by atoms with van der Waals surface area (Å²) >= 11 is 0. The summed E-state index contributed by atoms with van der Waals surface area (Å²) in [7, 11) is 1.29. The quantitative estimate of drug-likeness (QED) is 0.260. The molecule has 9 unspecified atom stereocenters. The molecule has 3 aliphatic rings. The average Bonchev–Trinajstić information content (AvgIpc) is 2.92. The molecular formula is C26H33NO10. The summed E-state index contributed by atoms with van der Waals surface area (Å²) in [6.07, 6.45) is -4.63. The molecule has 11 heteroatoms. The number of ether oxygens (including phenoxy) is 4. The Kier molecular flexibility index (Phi) is 8.63. The number of rotatable bonds is 8. The van der Waals surface area contributed by atoms with E-state index in [-0.39, 0.29) is 18.4 Å². The lowest BCUT2D eigenvalue weighted by molar-refractivity contribution is -0.339. The maximum absolute atomic E-state index is 13.5. The minimum atomic E-state index is -1.60. The van der Waals surface area contributed by atoms with Gasteiger partial charge >= 0.3 is 5.97 Å². The van der Waals surface area contributed by atoms with Gasteiger partial charge in [-0.1, -0.05) is 36.4 Å². The second-order valence-corrected chi connectivity index (χ2v) is 9.35. The van der Waals surface area contributed by atoms with Crippen molar-refractivity contribution in [2.24, 2.45) is 11.8 Å². The topological polar surface area (TPSA) is 155 Å². The first-order chi connectivity index (χ1) is 17.8. The molecule has 1 aromatic carbocycles. The number of carbonyl (C=O) groups is 2. The Morgan fingerprint density at radius 1 is 1.19 bits per heavy atom. The number of esters is 1. The lowest BCUT2D eigenvalue weighted by Gasteiger charge is -2.45. The fourth-order valence-electron chi connectivity index (χ4n) is 5.12. The van der Waals surface area contributed by atoms with Gasteiger partial charge in [0.25, 0.3) is 5.91 Å². The van der Waals surface area contributed by atoms with Gasteiger partial charge in [0.05, 0.1) is 25.6 Å². The van der Waals surface area contributed by atoms with E-state index in [1.807, 2.05) is 30.3 Å². The summed E-state index contributed by atoms with van der Waals surface area (Å²) in [6, 6.07) is 8.54. The summed E-state index contributed by atoms with van der Waals surface area (Å²) in [4.78, 5) is 27.7. The van der Waals surface area contributed by atoms with Gasteiger partial charge in [-0.3, -0.25) is 4.79 Å². The molecule has 0 aliphatic carbocycles. The fourth-order valence-corrected chi connectivity index (χ4v) is 5.12. The Morgan fingerprint density at radius 3 is 2.57 bits per heavy atom. The van der Waals surface area contributed by atoms with Crippen LogP contribution in [0, 0.1) is 11.8 Å². The second-order valence-electron chi connectivity index (χ2n) is 9.35. The van der Waals surface area contributed by atoms with Crippen molar-refractivity contribution < 1.29 is 49.0 Å². The van der Waals surface area contributed by atoms with Crippen molar-refractivity contribution in [3.05, 3.63) is 60.4 Å². The van der Waals surface area contributed by atoms with Gasteiger partial charge < -0.3 is 44.3 Å². The monoisotopic (exact) mass is 519 g/mol. The number of hydrogen-bond donors (Lipinski definition) is 4. The lowest BCUT2D eigenvalue weighted by atomic mass is 9.78. The van der Waals surface area contributed by atoms with E-state index in [0.717, 1.165) is 5.56 Å². The number of nitrogens with zero attached hydrogens (tertiary/aromatic N) is 1. The van der Waals surface area contributed by atoms with Gasteiger partial charge in [-0.05, 0) is 12.0 Å². The number of aliphatic hydroxyl groups excluding tert-OH is 4. The van der Waals surface area contributed by atoms with E-state index in [2.05, 4.69) is 6.58 Å². The first-order valence-electron chi connectivity index (χ1n) is 12.2. The Labute approximate surface area is 214 Å². The molecule has 1 aromatic rings. The highest BCUT2D eigenvalue weighted by atomic mass is 16.8. The maximum Gasteiger partial charge on any atom is 0.328 e. The predicted octanol–water partition coefficient (Wildman–Crippen LogP) is -0.522. The molecule has 2 saturated heterocycles. The molecule has 0 bridgehead atoms. The molecule has 0 radical (unpaired) electrons. The van der Waals surface area contributed by atoms with Gasteiger partial charge in [0.1, 0.15) is 30.5 Å². The second kappa shape index (κ2) is 11.7. The SMILES string of the molecule is C=CC1C(OC2OC(CO)C(O)C(O)C2O)OC=C2C(=O)N(C(Cc3ccccc3)C(=O)OC)CCC21. The number of hydrogen-bond acceptors (Lipinski definition) is 10. The molecule has 0 aromatic heterocycles. The Hall–Kier alpha value is -2.80. The summed E-state index contributed by atoms with van der Waals surface area (Å²) < 4.78 is 22.0. The largest absolute Gasteiger partial charge is 0.471 e. The van der Waals surface area contributed by atoms with Crippen LogP contribution in [0.3, 0.4) is 0 Å². The molecule has 1 amide bonds. The molecule has 3 aliphatic heterocycles. The van der Waals surface area contributed by atoms with Gasteiger partial charge in [-0.25, -0.2) is 4.79 Å². The summed E-state index contributed by atoms with van der Waals surface area (Å²) in [5, 5.41) is 39.8. The molecule has 4 N–H and O–H groups in total. The van der Waals surface area contributed by atoms with Crippen molar-refractivity contribution in [3.8, 4) is 0 Å². The molecule has 2 fully saturated rings. The van der Waals surface area contributed by atoms with E-state index in [1.165, 1.54) is 18.3 Å². The van der Waals surface area contributed by atoms with Gasteiger partial charge in [-0.2, -0.15) is 0 Å². The number of piperidine rings is 1. The fraction of sp³-hybridized carbons (Fsp3) is 0.538. The number of carbonyl (C=O) groups excluding carboxylic acids is 2. The standard InChI is InChI=1S/C26H33NO10/c1-3-15-16-9-10-27(18(24(33)34-2)11-14-7-5-4-6-8-14)23(32)17(16)13-35-25(15)37-26-22(31)21(30)20(29)19(12-28)36-26/h3-8,13,15-16,18-22,25-26,28-31H,1,9-12H2,2H3. The van der Waals surface area contributed by atoms with Crippen molar-refractivity contribution >= 4 is 11.9 Å². The van der Waals surface area contributed by atoms with Crippen LogP contribution in [0.25, 0.3) is 0 Å². The van der Waals surface area contributed by atoms with Gasteiger partial charge in [0.2, 0.25) is 6.29 Å². The van der Waals surface area contributed by atoms with Crippen LogP contribution in [0.4, 0.5) is 0 Å². The molecular weight excluding hydrogens is 486 g/mol. The highest BCUT2D eigenvalue weighted by molar-refractivity contribution is 5.97. The van der Waals surface area contributed by atoms with E-state index in [9.17, 15) is 30.0 Å². The maximum atomic E-state index is 13.5. The Morgan fingerprint density at radius 2 is 1.92 bits per heavy atom. The number of amides is 1. The summed E-state index contributed by atoms with van der Waals surface area (Å²) in [6.45, 7) is 3.54. The number of methoxy groups -OCH3 is 1. The van der Waals surface area contributed by atoms with Crippen molar-refractivity contribution in [3.63, 3.8) is 0 Å². The molecule has 37 heavy (non-hydrogen) atoms. The Balaban J connectivity index is 1.51. The third-order valence-electron chi connectivity index (χ3n) is 7.21. The van der Waals surface area contributed by atoms with E-state index in [1.54, 1.807) is 6.08 Å². The average molecular weight is 520 g/mol. The van der Waals surface area contributed by atoms with Crippen molar-refractivity contribution in [2.75, 3.05) is 20.3 Å². The highest BCUT2D eigenvalue weighted by Gasteiger charge is 2.49. The summed E-state index contributed by atoms with van der Waals surface area (Å²) in [5.74, 6) is -1.75. The zero-order valence-electron chi connectivity index (χ0n) is 20.5. The molecule has 202 valence electrons. The van der Waals surface area contributed by atoms with Crippen LogP contribution in [-0.2, 0) is 35.0 Å². The molecule has 9 atom stereocenters. The van der Waals surface area contributed by atoms with Gasteiger partial charge in [0, 0.05) is 24.8 Å². The molecule has 0 saturated carbocycles. The molecule has 3 heterocycles. The molecule has 11 nitrogen and oxygen atoms in total. The highest BCUT2D eigenvalue weighted by Crippen LogP contribution is 2.40. The molecule has 4 rings (SSSR count). The van der Waals surface area contributed by atoms with E-state index in [4.69, 9.17) is 18.9 Å². The number of benzene rings is 1. The summed E-state index contributed by atoms with van der Waals surface area (Å²) in [5.41, 5.74) is 1.24. The third kappa shape index (κ3) is 5.42. The van der Waals surface area contributed by atoms with Crippen LogP contribution in [0.5, 0.6) is 0 Å². The minimum Gasteiger partial charge on any atom is -0.471 e. The number of likely N-dealkylation sites (tertiary alicyclic amines) is 1. The predicted molar refractivity (Wildman–Crippen MR) is 127 cm³/mol. The Bertz CT molecular complexity index is 998. The number of fused-ring (bicyclic) bond motifs is 1. The van der Waals surface area contributed by atoms with Crippen LogP contribution in [0.2, 0.25) is 0 Å². The van der Waals surface area contributed by atoms with Gasteiger partial charge in [-0.15, -0.1) is 6.58 Å². The van der Waals surface area contributed by atoms with E-state index >= 15 is 0 Å². The normalized spacial score (nSPS) is 34.6.